The highest BCUT2D eigenvalue weighted by Gasteiger charge is 2.04. The van der Waals surface area contributed by atoms with Crippen LogP contribution in [0.25, 0.3) is 9.88 Å². The first-order valence-corrected chi connectivity index (χ1v) is 6.39. The zero-order valence-corrected chi connectivity index (χ0v) is 10.1. The summed E-state index contributed by atoms with van der Waals surface area (Å²) in [6.07, 6.45) is 0. The third kappa shape index (κ3) is 2.67. The average Bonchev–Trinajstić information content (AvgIpc) is 2.85. The Morgan fingerprint density at radius 3 is 3.07 bits per heavy atom. The van der Waals surface area contributed by atoms with Gasteiger partial charge in [0.15, 0.2) is 0 Å². The summed E-state index contributed by atoms with van der Waals surface area (Å²) in [4.78, 5) is 5.79. The lowest BCUT2D eigenvalue weighted by Gasteiger charge is -2.00. The van der Waals surface area contributed by atoms with Gasteiger partial charge in [-0.15, -0.1) is 22.7 Å². The van der Waals surface area contributed by atoms with E-state index in [2.05, 4.69) is 33.7 Å². The van der Waals surface area contributed by atoms with Crippen LogP contribution < -0.4 is 5.32 Å². The zero-order chi connectivity index (χ0) is 10.7. The van der Waals surface area contributed by atoms with Crippen LogP contribution in [0.5, 0.6) is 0 Å². The monoisotopic (exact) mass is 236 g/mol. The molecule has 0 aliphatic heterocycles. The first kappa shape index (κ1) is 10.4. The molecular weight excluding hydrogens is 224 g/mol. The standard InChI is InChI=1S/C11H12N2S2/c1-8(2)12-6-9-7-15-11(13-9)10-4-3-5-14-10/h3-5,7,12H,1,6H2,2H3. The number of thiophene rings is 1. The lowest BCUT2D eigenvalue weighted by Crippen LogP contribution is -2.09. The minimum absolute atomic E-state index is 0.761. The molecule has 15 heavy (non-hydrogen) atoms. The third-order valence-corrected chi connectivity index (χ3v) is 3.79. The summed E-state index contributed by atoms with van der Waals surface area (Å²) in [7, 11) is 0. The Kier molecular flexibility index (Phi) is 3.18. The van der Waals surface area contributed by atoms with Gasteiger partial charge < -0.3 is 5.32 Å². The van der Waals surface area contributed by atoms with Crippen molar-refractivity contribution >= 4 is 22.7 Å². The lowest BCUT2D eigenvalue weighted by atomic mass is 10.4. The molecule has 0 radical (unpaired) electrons. The Bertz CT molecular complexity index is 443. The van der Waals surface area contributed by atoms with Gasteiger partial charge in [-0.3, -0.25) is 0 Å². The molecular formula is C11H12N2S2. The molecule has 2 aromatic heterocycles. The van der Waals surface area contributed by atoms with Gasteiger partial charge in [-0.1, -0.05) is 12.6 Å². The van der Waals surface area contributed by atoms with Crippen molar-refractivity contribution < 1.29 is 0 Å². The van der Waals surface area contributed by atoms with Crippen molar-refractivity contribution in [3.8, 4) is 9.88 Å². The molecule has 0 unspecified atom stereocenters. The molecule has 0 fully saturated rings. The summed E-state index contributed by atoms with van der Waals surface area (Å²) in [6, 6.07) is 4.15. The Hall–Kier alpha value is -1.13. The number of hydrogen-bond donors (Lipinski definition) is 1. The molecule has 0 saturated carbocycles. The van der Waals surface area contributed by atoms with Crippen LogP contribution in [0.1, 0.15) is 12.6 Å². The molecule has 78 valence electrons. The van der Waals surface area contributed by atoms with Crippen LogP contribution in [0.4, 0.5) is 0 Å². The highest BCUT2D eigenvalue weighted by Crippen LogP contribution is 2.27. The summed E-state index contributed by atoms with van der Waals surface area (Å²) in [5.74, 6) is 0. The van der Waals surface area contributed by atoms with E-state index in [0.717, 1.165) is 22.9 Å². The summed E-state index contributed by atoms with van der Waals surface area (Å²) >= 11 is 3.41. The largest absolute Gasteiger partial charge is 0.383 e. The number of aromatic nitrogens is 1. The normalized spacial score (nSPS) is 10.2. The van der Waals surface area contributed by atoms with Gasteiger partial charge in [0.25, 0.3) is 0 Å². The molecule has 0 aromatic carbocycles. The van der Waals surface area contributed by atoms with Gasteiger partial charge in [-0.25, -0.2) is 4.98 Å². The maximum atomic E-state index is 4.55. The first-order chi connectivity index (χ1) is 7.25. The van der Waals surface area contributed by atoms with E-state index < -0.39 is 0 Å². The topological polar surface area (TPSA) is 24.9 Å². The van der Waals surface area contributed by atoms with Crippen LogP contribution in [0.3, 0.4) is 0 Å². The molecule has 0 spiro atoms. The van der Waals surface area contributed by atoms with Crippen LogP contribution in [0.15, 0.2) is 35.2 Å². The van der Waals surface area contributed by atoms with Crippen LogP contribution in [0.2, 0.25) is 0 Å². The maximum absolute atomic E-state index is 4.55. The number of rotatable bonds is 4. The second-order valence-corrected chi connectivity index (χ2v) is 5.06. The van der Waals surface area contributed by atoms with Crippen molar-refractivity contribution in [3.63, 3.8) is 0 Å². The summed E-state index contributed by atoms with van der Waals surface area (Å²) in [5, 5.41) is 8.43. The Morgan fingerprint density at radius 1 is 1.53 bits per heavy atom. The van der Waals surface area contributed by atoms with E-state index in [0.29, 0.717) is 0 Å². The fraction of sp³-hybridized carbons (Fsp3) is 0.182. The zero-order valence-electron chi connectivity index (χ0n) is 8.49. The molecule has 4 heteroatoms. The van der Waals surface area contributed by atoms with Crippen LogP contribution >= 0.6 is 22.7 Å². The molecule has 1 N–H and O–H groups in total. The SMILES string of the molecule is C=C(C)NCc1csc(-c2cccs2)n1. The predicted octanol–water partition coefficient (Wildman–Crippen LogP) is 3.49. The number of thiazole rings is 1. The predicted molar refractivity (Wildman–Crippen MR) is 67.1 cm³/mol. The Labute approximate surface area is 97.3 Å². The number of nitrogens with one attached hydrogen (secondary N) is 1. The van der Waals surface area contributed by atoms with Gasteiger partial charge in [0.2, 0.25) is 0 Å². The van der Waals surface area contributed by atoms with Crippen LogP contribution in [-0.4, -0.2) is 4.98 Å². The molecule has 0 aliphatic carbocycles. The molecule has 0 saturated heterocycles. The molecule has 2 aromatic rings. The molecule has 2 heterocycles. The smallest absolute Gasteiger partial charge is 0.133 e. The molecule has 2 nitrogen and oxygen atoms in total. The minimum atomic E-state index is 0.761. The van der Waals surface area contributed by atoms with Gasteiger partial charge in [0.05, 0.1) is 17.1 Å². The van der Waals surface area contributed by atoms with E-state index in [1.165, 1.54) is 4.88 Å². The van der Waals surface area contributed by atoms with E-state index in [9.17, 15) is 0 Å². The molecule has 0 bridgehead atoms. The van der Waals surface area contributed by atoms with E-state index in [1.807, 2.05) is 13.0 Å². The number of allylic oxidation sites excluding steroid dienone is 1. The lowest BCUT2D eigenvalue weighted by molar-refractivity contribution is 0.797. The molecule has 0 atom stereocenters. The average molecular weight is 236 g/mol. The van der Waals surface area contributed by atoms with Crippen molar-refractivity contribution in [2.45, 2.75) is 13.5 Å². The number of hydrogen-bond acceptors (Lipinski definition) is 4. The van der Waals surface area contributed by atoms with Crippen molar-refractivity contribution in [2.75, 3.05) is 0 Å². The summed E-state index contributed by atoms with van der Waals surface area (Å²) in [6.45, 7) is 6.51. The maximum Gasteiger partial charge on any atom is 0.133 e. The fourth-order valence-electron chi connectivity index (χ4n) is 1.14. The number of nitrogens with zero attached hydrogens (tertiary/aromatic N) is 1. The van der Waals surface area contributed by atoms with E-state index in [4.69, 9.17) is 0 Å². The van der Waals surface area contributed by atoms with Crippen molar-refractivity contribution in [1.82, 2.24) is 10.3 Å². The Balaban J connectivity index is 2.08. The van der Waals surface area contributed by atoms with Gasteiger partial charge in [-0.05, 0) is 18.4 Å². The van der Waals surface area contributed by atoms with Crippen molar-refractivity contribution in [2.24, 2.45) is 0 Å². The van der Waals surface area contributed by atoms with Crippen LogP contribution in [0, 0.1) is 0 Å². The van der Waals surface area contributed by atoms with Gasteiger partial charge in [0, 0.05) is 11.1 Å². The van der Waals surface area contributed by atoms with Crippen molar-refractivity contribution in [3.05, 3.63) is 40.9 Å². The van der Waals surface area contributed by atoms with Crippen LogP contribution in [-0.2, 0) is 6.54 Å². The molecule has 2 rings (SSSR count). The van der Waals surface area contributed by atoms with E-state index in [1.54, 1.807) is 22.7 Å². The first-order valence-electron chi connectivity index (χ1n) is 4.63. The highest BCUT2D eigenvalue weighted by atomic mass is 32.1. The molecule has 0 aliphatic rings. The van der Waals surface area contributed by atoms with E-state index in [-0.39, 0.29) is 0 Å². The fourth-order valence-corrected chi connectivity index (χ4v) is 2.78. The summed E-state index contributed by atoms with van der Waals surface area (Å²) < 4.78 is 0. The van der Waals surface area contributed by atoms with E-state index >= 15 is 0 Å². The highest BCUT2D eigenvalue weighted by molar-refractivity contribution is 7.20. The minimum Gasteiger partial charge on any atom is -0.383 e. The molecule has 0 amide bonds. The summed E-state index contributed by atoms with van der Waals surface area (Å²) in [5.41, 5.74) is 2.05. The second kappa shape index (κ2) is 4.59. The Morgan fingerprint density at radius 2 is 2.40 bits per heavy atom. The third-order valence-electron chi connectivity index (χ3n) is 1.85. The second-order valence-electron chi connectivity index (χ2n) is 3.26. The van der Waals surface area contributed by atoms with Crippen molar-refractivity contribution in [1.29, 1.82) is 0 Å². The van der Waals surface area contributed by atoms with Gasteiger partial charge >= 0.3 is 0 Å². The quantitative estimate of drug-likeness (QED) is 0.879. The van der Waals surface area contributed by atoms with Gasteiger partial charge in [0.1, 0.15) is 5.01 Å². The van der Waals surface area contributed by atoms with Gasteiger partial charge in [-0.2, -0.15) is 0 Å².